The first kappa shape index (κ1) is 10.5. The smallest absolute Gasteiger partial charge is 0.148 e. The number of nitrogens with zero attached hydrogens (tertiary/aromatic N) is 2. The second kappa shape index (κ2) is 4.31. The number of nitriles is 1. The van der Waals surface area contributed by atoms with Crippen LogP contribution in [0.3, 0.4) is 0 Å². The summed E-state index contributed by atoms with van der Waals surface area (Å²) in [6.07, 6.45) is 1.64. The third-order valence-electron chi connectivity index (χ3n) is 2.91. The van der Waals surface area contributed by atoms with Gasteiger partial charge in [0.05, 0.1) is 0 Å². The summed E-state index contributed by atoms with van der Waals surface area (Å²) in [5.41, 5.74) is 2.33. The van der Waals surface area contributed by atoms with E-state index in [-0.39, 0.29) is 0 Å². The van der Waals surface area contributed by atoms with Crippen LogP contribution in [0.1, 0.15) is 5.69 Å². The van der Waals surface area contributed by atoms with Crippen molar-refractivity contribution in [3.8, 4) is 17.2 Å². The van der Waals surface area contributed by atoms with Gasteiger partial charge in [0, 0.05) is 11.8 Å². The van der Waals surface area contributed by atoms with Gasteiger partial charge in [-0.1, -0.05) is 24.3 Å². The molecule has 2 heteroatoms. The third-order valence-corrected chi connectivity index (χ3v) is 2.91. The maximum Gasteiger partial charge on any atom is 0.148 e. The zero-order valence-corrected chi connectivity index (χ0v) is 9.59. The van der Waals surface area contributed by atoms with Gasteiger partial charge in [0.2, 0.25) is 0 Å². The summed E-state index contributed by atoms with van der Waals surface area (Å²) in [5.74, 6) is 0. The Bertz CT molecular complexity index is 754. The Labute approximate surface area is 105 Å². The molecule has 0 bridgehead atoms. The van der Waals surface area contributed by atoms with Crippen molar-refractivity contribution in [2.45, 2.75) is 0 Å². The van der Waals surface area contributed by atoms with E-state index in [0.29, 0.717) is 5.69 Å². The van der Waals surface area contributed by atoms with Crippen LogP contribution in [0.25, 0.3) is 21.9 Å². The summed E-state index contributed by atoms with van der Waals surface area (Å²) in [4.78, 5) is 4.08. The molecule has 0 aliphatic heterocycles. The molecular formula is C16H9N2. The van der Waals surface area contributed by atoms with Crippen LogP contribution in [0, 0.1) is 17.4 Å². The third kappa shape index (κ3) is 1.72. The summed E-state index contributed by atoms with van der Waals surface area (Å²) < 4.78 is 0. The van der Waals surface area contributed by atoms with Crippen LogP contribution in [0.4, 0.5) is 0 Å². The van der Waals surface area contributed by atoms with Gasteiger partial charge in [-0.3, -0.25) is 0 Å². The van der Waals surface area contributed by atoms with E-state index in [4.69, 9.17) is 5.26 Å². The van der Waals surface area contributed by atoms with Gasteiger partial charge in [-0.25, -0.2) is 4.98 Å². The number of hydrogen-bond acceptors (Lipinski definition) is 2. The van der Waals surface area contributed by atoms with Gasteiger partial charge >= 0.3 is 0 Å². The highest BCUT2D eigenvalue weighted by atomic mass is 14.7. The highest BCUT2D eigenvalue weighted by Gasteiger charge is 2.05. The van der Waals surface area contributed by atoms with Crippen LogP contribution in [0.15, 0.2) is 54.7 Å². The van der Waals surface area contributed by atoms with Gasteiger partial charge < -0.3 is 0 Å². The number of aromatic nitrogens is 1. The molecule has 0 unspecified atom stereocenters. The molecule has 0 spiro atoms. The number of pyridine rings is 1. The molecule has 0 atom stereocenters. The second-order valence-corrected chi connectivity index (χ2v) is 4.00. The topological polar surface area (TPSA) is 36.7 Å². The van der Waals surface area contributed by atoms with Crippen LogP contribution < -0.4 is 0 Å². The van der Waals surface area contributed by atoms with Crippen LogP contribution in [-0.4, -0.2) is 4.98 Å². The van der Waals surface area contributed by atoms with E-state index >= 15 is 0 Å². The van der Waals surface area contributed by atoms with Crippen LogP contribution in [-0.2, 0) is 0 Å². The molecule has 2 aromatic carbocycles. The van der Waals surface area contributed by atoms with Gasteiger partial charge in [0.15, 0.2) is 0 Å². The molecule has 1 radical (unpaired) electrons. The van der Waals surface area contributed by atoms with Crippen LogP contribution >= 0.6 is 0 Å². The van der Waals surface area contributed by atoms with E-state index in [1.807, 2.05) is 42.5 Å². The van der Waals surface area contributed by atoms with Crippen molar-refractivity contribution in [3.63, 3.8) is 0 Å². The van der Waals surface area contributed by atoms with Crippen molar-refractivity contribution in [3.05, 3.63) is 66.5 Å². The van der Waals surface area contributed by atoms with E-state index in [2.05, 4.69) is 23.2 Å². The van der Waals surface area contributed by atoms with Gasteiger partial charge in [0.1, 0.15) is 11.8 Å². The molecule has 0 fully saturated rings. The van der Waals surface area contributed by atoms with E-state index < -0.39 is 0 Å². The average Bonchev–Trinajstić information content (AvgIpc) is 2.46. The molecule has 0 saturated heterocycles. The lowest BCUT2D eigenvalue weighted by Gasteiger charge is -2.05. The number of hydrogen-bond donors (Lipinski definition) is 0. The van der Waals surface area contributed by atoms with Gasteiger partial charge in [-0.2, -0.15) is 5.26 Å². The summed E-state index contributed by atoms with van der Waals surface area (Å²) >= 11 is 0. The molecule has 0 aliphatic rings. The monoisotopic (exact) mass is 229 g/mol. The van der Waals surface area contributed by atoms with Crippen molar-refractivity contribution < 1.29 is 0 Å². The lowest BCUT2D eigenvalue weighted by molar-refractivity contribution is 1.27. The average molecular weight is 229 g/mol. The Balaban J connectivity index is 2.23. The number of rotatable bonds is 1. The van der Waals surface area contributed by atoms with Crippen LogP contribution in [0.2, 0.25) is 0 Å². The predicted octanol–water partition coefficient (Wildman–Crippen LogP) is 3.57. The quantitative estimate of drug-likeness (QED) is 0.639. The maximum atomic E-state index is 9.07. The fraction of sp³-hybridized carbons (Fsp3) is 0. The maximum absolute atomic E-state index is 9.07. The summed E-state index contributed by atoms with van der Waals surface area (Å²) in [5, 5.41) is 11.4. The molecule has 3 aromatic rings. The van der Waals surface area contributed by atoms with Crippen molar-refractivity contribution in [2.24, 2.45) is 0 Å². The van der Waals surface area contributed by atoms with Gasteiger partial charge in [-0.05, 0) is 46.7 Å². The van der Waals surface area contributed by atoms with E-state index in [9.17, 15) is 0 Å². The Hall–Kier alpha value is -2.66. The summed E-state index contributed by atoms with van der Waals surface area (Å²) in [6.45, 7) is 0. The lowest BCUT2D eigenvalue weighted by atomic mass is 10.0. The Kier molecular flexibility index (Phi) is 2.51. The number of benzene rings is 2. The first-order valence-corrected chi connectivity index (χ1v) is 5.64. The fourth-order valence-corrected chi connectivity index (χ4v) is 2.02. The Morgan fingerprint density at radius 1 is 1.11 bits per heavy atom. The number of fused-ring (bicyclic) bond motifs is 1. The predicted molar refractivity (Wildman–Crippen MR) is 70.7 cm³/mol. The SMILES string of the molecule is N#Cc1ncccc1-c1ccc2cc[c]cc2c1. The second-order valence-electron chi connectivity index (χ2n) is 4.00. The van der Waals surface area contributed by atoms with Crippen molar-refractivity contribution >= 4 is 10.8 Å². The molecule has 0 amide bonds. The largest absolute Gasteiger partial charge is 0.245 e. The molecule has 0 saturated carbocycles. The highest BCUT2D eigenvalue weighted by Crippen LogP contribution is 2.25. The fourth-order valence-electron chi connectivity index (χ4n) is 2.02. The van der Waals surface area contributed by atoms with E-state index in [0.717, 1.165) is 16.5 Å². The minimum Gasteiger partial charge on any atom is -0.245 e. The van der Waals surface area contributed by atoms with E-state index in [1.54, 1.807) is 6.20 Å². The summed E-state index contributed by atoms with van der Waals surface area (Å²) in [6, 6.07) is 20.9. The lowest BCUT2D eigenvalue weighted by Crippen LogP contribution is -1.87. The molecule has 18 heavy (non-hydrogen) atoms. The first-order chi connectivity index (χ1) is 8.88. The molecule has 0 aliphatic carbocycles. The Morgan fingerprint density at radius 2 is 2.06 bits per heavy atom. The Morgan fingerprint density at radius 3 is 2.94 bits per heavy atom. The minimum atomic E-state index is 0.455. The van der Waals surface area contributed by atoms with Crippen molar-refractivity contribution in [1.82, 2.24) is 4.98 Å². The standard InChI is InChI=1S/C16H9N2/c17-11-16-15(6-3-9-18-16)14-8-7-12-4-1-2-5-13(12)10-14/h1,3-10H. The highest BCUT2D eigenvalue weighted by molar-refractivity contribution is 5.87. The molecule has 1 heterocycles. The molecule has 0 N–H and O–H groups in total. The van der Waals surface area contributed by atoms with Gasteiger partial charge in [0.25, 0.3) is 0 Å². The molecule has 2 nitrogen and oxygen atoms in total. The molecule has 83 valence electrons. The van der Waals surface area contributed by atoms with Gasteiger partial charge in [-0.15, -0.1) is 0 Å². The molecule has 1 aromatic heterocycles. The van der Waals surface area contributed by atoms with Crippen molar-refractivity contribution in [1.29, 1.82) is 5.26 Å². The molecular weight excluding hydrogens is 220 g/mol. The van der Waals surface area contributed by atoms with Crippen molar-refractivity contribution in [2.75, 3.05) is 0 Å². The molecule has 3 rings (SSSR count). The van der Waals surface area contributed by atoms with Crippen LogP contribution in [0.5, 0.6) is 0 Å². The first-order valence-electron chi connectivity index (χ1n) is 5.64. The summed E-state index contributed by atoms with van der Waals surface area (Å²) in [7, 11) is 0. The zero-order valence-electron chi connectivity index (χ0n) is 9.59. The zero-order chi connectivity index (χ0) is 12.4. The minimum absolute atomic E-state index is 0.455. The normalized spacial score (nSPS) is 10.2. The van der Waals surface area contributed by atoms with E-state index in [1.165, 1.54) is 5.39 Å².